The van der Waals surface area contributed by atoms with Crippen LogP contribution in [0.2, 0.25) is 0 Å². The molecule has 0 aromatic carbocycles. The smallest absolute Gasteiger partial charge is 0.267 e. The molecule has 3 aromatic heterocycles. The Hall–Kier alpha value is -2.67. The molecule has 0 radical (unpaired) electrons. The van der Waals surface area contributed by atoms with Crippen LogP contribution in [-0.4, -0.2) is 43.3 Å². The molecule has 28 heavy (non-hydrogen) atoms. The fourth-order valence-corrected chi connectivity index (χ4v) is 4.34. The summed E-state index contributed by atoms with van der Waals surface area (Å²) in [6.07, 6.45) is 5.58. The number of piperidine rings is 1. The lowest BCUT2D eigenvalue weighted by molar-refractivity contribution is 0.0952. The van der Waals surface area contributed by atoms with E-state index in [0.29, 0.717) is 5.69 Å². The molecule has 148 valence electrons. The average molecular weight is 380 g/mol. The minimum Gasteiger partial charge on any atom is -0.354 e. The first-order valence-electron chi connectivity index (χ1n) is 9.92. The van der Waals surface area contributed by atoms with E-state index in [-0.39, 0.29) is 11.9 Å². The van der Waals surface area contributed by atoms with Crippen molar-refractivity contribution in [2.45, 2.75) is 45.7 Å². The van der Waals surface area contributed by atoms with Crippen molar-refractivity contribution >= 4 is 11.7 Å². The normalized spacial score (nSPS) is 17.9. The molecule has 0 saturated carbocycles. The summed E-state index contributed by atoms with van der Waals surface area (Å²) < 4.78 is 4.09. The van der Waals surface area contributed by atoms with Gasteiger partial charge in [0.15, 0.2) is 0 Å². The summed E-state index contributed by atoms with van der Waals surface area (Å²) in [7, 11) is 3.65. The first kappa shape index (κ1) is 18.7. The first-order valence-corrected chi connectivity index (χ1v) is 9.92. The van der Waals surface area contributed by atoms with Crippen molar-refractivity contribution in [2.24, 2.45) is 7.05 Å². The predicted molar refractivity (Wildman–Crippen MR) is 108 cm³/mol. The molecule has 1 atom stereocenters. The van der Waals surface area contributed by atoms with Gasteiger partial charge in [-0.15, -0.1) is 0 Å². The second kappa shape index (κ2) is 7.39. The Morgan fingerprint density at radius 1 is 1.25 bits per heavy atom. The van der Waals surface area contributed by atoms with E-state index in [4.69, 9.17) is 4.98 Å². The maximum absolute atomic E-state index is 12.1. The number of aryl methyl sites for hydroxylation is 2. The molecular formula is C21H28N6O. The summed E-state index contributed by atoms with van der Waals surface area (Å²) in [5.41, 5.74) is 5.06. The number of hydrogen-bond acceptors (Lipinski definition) is 4. The largest absolute Gasteiger partial charge is 0.354 e. The summed E-state index contributed by atoms with van der Waals surface area (Å²) in [4.78, 5) is 23.9. The van der Waals surface area contributed by atoms with E-state index < -0.39 is 0 Å². The van der Waals surface area contributed by atoms with Gasteiger partial charge in [-0.05, 0) is 51.4 Å². The predicted octanol–water partition coefficient (Wildman–Crippen LogP) is 2.77. The topological polar surface area (TPSA) is 67.5 Å². The molecular weight excluding hydrogens is 352 g/mol. The molecule has 1 amide bonds. The van der Waals surface area contributed by atoms with Gasteiger partial charge in [0.05, 0.1) is 11.7 Å². The Bertz CT molecular complexity index is 1020. The van der Waals surface area contributed by atoms with Gasteiger partial charge in [0.2, 0.25) is 5.78 Å². The van der Waals surface area contributed by atoms with Crippen LogP contribution in [0.1, 0.15) is 58.6 Å². The van der Waals surface area contributed by atoms with E-state index in [0.717, 1.165) is 42.4 Å². The SMILES string of the molecule is CNC(=O)c1ccc([C@H]2CCCCN2Cc2cn3c(C)cc(C)nc3n2)n1C. The number of imidazole rings is 1. The highest BCUT2D eigenvalue weighted by molar-refractivity contribution is 5.92. The number of likely N-dealkylation sites (tertiary alicyclic amines) is 1. The summed E-state index contributed by atoms with van der Waals surface area (Å²) in [5, 5.41) is 2.72. The van der Waals surface area contributed by atoms with Crippen LogP contribution in [0.4, 0.5) is 0 Å². The molecule has 4 rings (SSSR count). The zero-order chi connectivity index (χ0) is 19.8. The molecule has 0 spiro atoms. The number of hydrogen-bond donors (Lipinski definition) is 1. The third-order valence-corrected chi connectivity index (χ3v) is 5.75. The number of fused-ring (bicyclic) bond motifs is 1. The molecule has 0 bridgehead atoms. The molecule has 0 unspecified atom stereocenters. The Morgan fingerprint density at radius 3 is 2.86 bits per heavy atom. The molecule has 1 fully saturated rings. The van der Waals surface area contributed by atoms with Gasteiger partial charge in [-0.2, -0.15) is 0 Å². The lowest BCUT2D eigenvalue weighted by Gasteiger charge is -2.35. The molecule has 1 N–H and O–H groups in total. The van der Waals surface area contributed by atoms with Gasteiger partial charge >= 0.3 is 0 Å². The molecule has 1 aliphatic rings. The minimum absolute atomic E-state index is 0.0478. The van der Waals surface area contributed by atoms with E-state index in [1.165, 1.54) is 18.5 Å². The van der Waals surface area contributed by atoms with Gasteiger partial charge < -0.3 is 9.88 Å². The second-order valence-corrected chi connectivity index (χ2v) is 7.70. The summed E-state index contributed by atoms with van der Waals surface area (Å²) in [5.74, 6) is 0.718. The van der Waals surface area contributed by atoms with E-state index in [2.05, 4.69) is 44.9 Å². The van der Waals surface area contributed by atoms with Gasteiger partial charge in [0.1, 0.15) is 5.69 Å². The summed E-state index contributed by atoms with van der Waals surface area (Å²) >= 11 is 0. The maximum atomic E-state index is 12.1. The van der Waals surface area contributed by atoms with Crippen LogP contribution >= 0.6 is 0 Å². The number of carbonyl (C=O) groups excluding carboxylic acids is 1. The number of nitrogens with one attached hydrogen (secondary N) is 1. The van der Waals surface area contributed by atoms with Gasteiger partial charge in [-0.3, -0.25) is 14.1 Å². The third-order valence-electron chi connectivity index (χ3n) is 5.75. The van der Waals surface area contributed by atoms with Crippen molar-refractivity contribution in [2.75, 3.05) is 13.6 Å². The van der Waals surface area contributed by atoms with E-state index in [1.54, 1.807) is 7.05 Å². The van der Waals surface area contributed by atoms with Crippen molar-refractivity contribution in [3.8, 4) is 0 Å². The van der Waals surface area contributed by atoms with Crippen molar-refractivity contribution in [1.82, 2.24) is 29.2 Å². The number of rotatable bonds is 4. The Labute approximate surface area is 165 Å². The molecule has 3 aromatic rings. The van der Waals surface area contributed by atoms with Crippen LogP contribution in [0, 0.1) is 13.8 Å². The highest BCUT2D eigenvalue weighted by Gasteiger charge is 2.28. The molecule has 1 aliphatic heterocycles. The molecule has 0 aliphatic carbocycles. The van der Waals surface area contributed by atoms with Crippen LogP contribution in [0.5, 0.6) is 0 Å². The third kappa shape index (κ3) is 3.30. The zero-order valence-electron chi connectivity index (χ0n) is 17.1. The minimum atomic E-state index is -0.0478. The van der Waals surface area contributed by atoms with E-state index in [9.17, 15) is 4.79 Å². The fourth-order valence-electron chi connectivity index (χ4n) is 4.34. The lowest BCUT2D eigenvalue weighted by Crippen LogP contribution is -2.34. The van der Waals surface area contributed by atoms with Gasteiger partial charge in [-0.1, -0.05) is 6.42 Å². The summed E-state index contributed by atoms with van der Waals surface area (Å²) in [6, 6.07) is 6.37. The van der Waals surface area contributed by atoms with Crippen molar-refractivity contribution in [1.29, 1.82) is 0 Å². The highest BCUT2D eigenvalue weighted by Crippen LogP contribution is 2.33. The van der Waals surface area contributed by atoms with Crippen LogP contribution in [0.25, 0.3) is 5.78 Å². The number of carbonyl (C=O) groups is 1. The Morgan fingerprint density at radius 2 is 2.07 bits per heavy atom. The van der Waals surface area contributed by atoms with Crippen LogP contribution < -0.4 is 5.32 Å². The molecule has 7 nitrogen and oxygen atoms in total. The van der Waals surface area contributed by atoms with Crippen LogP contribution in [-0.2, 0) is 13.6 Å². The maximum Gasteiger partial charge on any atom is 0.267 e. The zero-order valence-corrected chi connectivity index (χ0v) is 17.1. The molecule has 4 heterocycles. The average Bonchev–Trinajstić information content (AvgIpc) is 3.25. The van der Waals surface area contributed by atoms with Crippen LogP contribution in [0.3, 0.4) is 0 Å². The summed E-state index contributed by atoms with van der Waals surface area (Å²) in [6.45, 7) is 5.90. The number of nitrogens with zero attached hydrogens (tertiary/aromatic N) is 5. The van der Waals surface area contributed by atoms with Crippen molar-refractivity contribution in [3.05, 3.63) is 52.9 Å². The van der Waals surface area contributed by atoms with Crippen molar-refractivity contribution < 1.29 is 4.79 Å². The number of aromatic nitrogens is 4. The molecule has 1 saturated heterocycles. The van der Waals surface area contributed by atoms with Gasteiger partial charge in [0, 0.05) is 43.9 Å². The van der Waals surface area contributed by atoms with Gasteiger partial charge in [-0.25, -0.2) is 9.97 Å². The molecule has 7 heteroatoms. The quantitative estimate of drug-likeness (QED) is 0.756. The van der Waals surface area contributed by atoms with Gasteiger partial charge in [0.25, 0.3) is 5.91 Å². The second-order valence-electron chi connectivity index (χ2n) is 7.70. The monoisotopic (exact) mass is 380 g/mol. The highest BCUT2D eigenvalue weighted by atomic mass is 16.1. The van der Waals surface area contributed by atoms with E-state index >= 15 is 0 Å². The Kier molecular flexibility index (Phi) is 4.93. The van der Waals surface area contributed by atoms with Crippen molar-refractivity contribution in [3.63, 3.8) is 0 Å². The fraction of sp³-hybridized carbons (Fsp3) is 0.476. The first-order chi connectivity index (χ1) is 13.5. The number of amides is 1. The Balaban J connectivity index is 1.62. The lowest BCUT2D eigenvalue weighted by atomic mass is 9.99. The van der Waals surface area contributed by atoms with E-state index in [1.807, 2.05) is 24.6 Å². The van der Waals surface area contributed by atoms with Crippen LogP contribution in [0.15, 0.2) is 24.4 Å². The standard InChI is InChI=1S/C21H28N6O/c1-14-11-15(2)27-13-16(24-21(27)23-14)12-26-10-6-5-7-18(26)17-8-9-19(25(17)4)20(28)22-3/h8-9,11,13,18H,5-7,10,12H2,1-4H3,(H,22,28)/t18-/m1/s1.